The van der Waals surface area contributed by atoms with Crippen LogP contribution >= 0.6 is 0 Å². The number of carboxylic acids is 1. The molecular formula is C16H20N2O3. The van der Waals surface area contributed by atoms with Crippen molar-refractivity contribution in [2.75, 3.05) is 11.4 Å². The number of anilines is 1. The topological polar surface area (TPSA) is 69.6 Å². The Balaban J connectivity index is 1.77. The highest BCUT2D eigenvalue weighted by molar-refractivity contribution is 6.01. The maximum absolute atomic E-state index is 12.5. The van der Waals surface area contributed by atoms with E-state index in [0.29, 0.717) is 18.7 Å². The smallest absolute Gasteiger partial charge is 0.327 e. The average molecular weight is 288 g/mol. The number of aliphatic carboxylic acids is 1. The number of urea groups is 1. The van der Waals surface area contributed by atoms with Crippen LogP contribution in [0.25, 0.3) is 0 Å². The van der Waals surface area contributed by atoms with Crippen molar-refractivity contribution in [3.05, 3.63) is 29.8 Å². The Morgan fingerprint density at radius 1 is 1.38 bits per heavy atom. The van der Waals surface area contributed by atoms with Gasteiger partial charge in [0, 0.05) is 18.7 Å². The minimum atomic E-state index is -0.960. The number of nitrogens with zero attached hydrogens (tertiary/aromatic N) is 1. The van der Waals surface area contributed by atoms with Gasteiger partial charge in [-0.3, -0.25) is 4.90 Å². The molecular weight excluding hydrogens is 268 g/mol. The lowest BCUT2D eigenvalue weighted by Crippen LogP contribution is -2.49. The van der Waals surface area contributed by atoms with Crippen LogP contribution in [0.15, 0.2) is 24.3 Å². The first-order valence-electron chi connectivity index (χ1n) is 7.44. The van der Waals surface area contributed by atoms with Crippen molar-refractivity contribution in [3.8, 4) is 0 Å². The number of carbonyl (C=O) groups excluding carboxylic acids is 1. The van der Waals surface area contributed by atoms with Crippen molar-refractivity contribution >= 4 is 17.7 Å². The molecule has 1 aliphatic heterocycles. The summed E-state index contributed by atoms with van der Waals surface area (Å²) in [4.78, 5) is 25.3. The molecule has 1 aliphatic carbocycles. The Bertz CT molecular complexity index is 581. The second kappa shape index (κ2) is 5.06. The molecule has 1 unspecified atom stereocenters. The third kappa shape index (κ3) is 2.48. The van der Waals surface area contributed by atoms with Gasteiger partial charge >= 0.3 is 12.0 Å². The van der Waals surface area contributed by atoms with Crippen LogP contribution in [0.5, 0.6) is 0 Å². The highest BCUT2D eigenvalue weighted by atomic mass is 16.4. The Hall–Kier alpha value is -2.04. The molecule has 0 spiro atoms. The summed E-state index contributed by atoms with van der Waals surface area (Å²) in [6.45, 7) is 2.76. The van der Waals surface area contributed by atoms with Crippen LogP contribution in [-0.2, 0) is 11.2 Å². The number of carbonyl (C=O) groups is 2. The number of para-hydroxylation sites is 1. The summed E-state index contributed by atoms with van der Waals surface area (Å²) in [6, 6.07) is 6.29. The predicted octanol–water partition coefficient (Wildman–Crippen LogP) is 2.40. The first-order chi connectivity index (χ1) is 10.1. The summed E-state index contributed by atoms with van der Waals surface area (Å²) in [7, 11) is 0. The lowest BCUT2D eigenvalue weighted by atomic mass is 10.0. The van der Waals surface area contributed by atoms with E-state index in [1.54, 1.807) is 0 Å². The van der Waals surface area contributed by atoms with Crippen LogP contribution in [0.2, 0.25) is 0 Å². The zero-order valence-corrected chi connectivity index (χ0v) is 12.1. The molecule has 2 N–H and O–H groups in total. The van der Waals surface area contributed by atoms with E-state index in [1.807, 2.05) is 24.3 Å². The molecule has 0 bridgehead atoms. The number of benzene rings is 1. The molecule has 5 nitrogen and oxygen atoms in total. The second-order valence-electron chi connectivity index (χ2n) is 6.07. The van der Waals surface area contributed by atoms with Crippen molar-refractivity contribution in [1.82, 2.24) is 5.32 Å². The van der Waals surface area contributed by atoms with Crippen LogP contribution in [0.3, 0.4) is 0 Å². The second-order valence-corrected chi connectivity index (χ2v) is 6.07. The molecule has 1 atom stereocenters. The lowest BCUT2D eigenvalue weighted by Gasteiger charge is -2.24. The number of hydrogen-bond donors (Lipinski definition) is 2. The fraction of sp³-hybridized carbons (Fsp3) is 0.500. The number of nitrogens with one attached hydrogen (secondary N) is 1. The van der Waals surface area contributed by atoms with Crippen molar-refractivity contribution in [1.29, 1.82) is 0 Å². The van der Waals surface area contributed by atoms with Gasteiger partial charge in [-0.05, 0) is 36.3 Å². The minimum Gasteiger partial charge on any atom is -0.480 e. The summed E-state index contributed by atoms with van der Waals surface area (Å²) in [5.74, 6) is -0.960. The molecule has 5 heteroatoms. The van der Waals surface area contributed by atoms with Crippen LogP contribution in [-0.4, -0.2) is 29.7 Å². The summed E-state index contributed by atoms with van der Waals surface area (Å²) >= 11 is 0. The normalized spacial score (nSPS) is 21.8. The van der Waals surface area contributed by atoms with Gasteiger partial charge in [0.1, 0.15) is 6.04 Å². The lowest BCUT2D eigenvalue weighted by molar-refractivity contribution is -0.138. The van der Waals surface area contributed by atoms with Crippen LogP contribution in [0.1, 0.15) is 31.7 Å². The molecule has 1 aromatic rings. The van der Waals surface area contributed by atoms with Crippen molar-refractivity contribution in [2.45, 2.75) is 38.6 Å². The van der Waals surface area contributed by atoms with Crippen LogP contribution in [0.4, 0.5) is 10.5 Å². The maximum Gasteiger partial charge on any atom is 0.327 e. The van der Waals surface area contributed by atoms with E-state index in [-0.39, 0.29) is 11.4 Å². The average Bonchev–Trinajstić information content (AvgIpc) is 3.16. The third-order valence-corrected chi connectivity index (χ3v) is 4.80. The molecule has 0 saturated heterocycles. The van der Waals surface area contributed by atoms with Crippen molar-refractivity contribution in [3.63, 3.8) is 0 Å². The SMILES string of the molecule is CCC1(CNC(=O)N2c3ccccc3CC2C(=O)O)CC1. The molecule has 21 heavy (non-hydrogen) atoms. The first-order valence-corrected chi connectivity index (χ1v) is 7.44. The number of carboxylic acid groups (broad SMARTS) is 1. The molecule has 0 radical (unpaired) electrons. The first kappa shape index (κ1) is 13.9. The highest BCUT2D eigenvalue weighted by Crippen LogP contribution is 2.48. The van der Waals surface area contributed by atoms with Crippen LogP contribution in [0, 0.1) is 5.41 Å². The summed E-state index contributed by atoms with van der Waals surface area (Å²) < 4.78 is 0. The predicted molar refractivity (Wildman–Crippen MR) is 79.4 cm³/mol. The largest absolute Gasteiger partial charge is 0.480 e. The molecule has 2 aliphatic rings. The molecule has 1 saturated carbocycles. The monoisotopic (exact) mass is 288 g/mol. The fourth-order valence-electron chi connectivity index (χ4n) is 3.02. The molecule has 1 heterocycles. The Morgan fingerprint density at radius 3 is 2.71 bits per heavy atom. The van der Waals surface area contributed by atoms with Gasteiger partial charge in [-0.25, -0.2) is 9.59 Å². The molecule has 1 aromatic carbocycles. The molecule has 2 amide bonds. The van der Waals surface area contributed by atoms with E-state index in [1.165, 1.54) is 4.90 Å². The number of rotatable bonds is 4. The third-order valence-electron chi connectivity index (χ3n) is 4.80. The molecule has 3 rings (SSSR count). The number of hydrogen-bond acceptors (Lipinski definition) is 2. The summed E-state index contributed by atoms with van der Waals surface area (Å²) in [6.07, 6.45) is 3.70. The van der Waals surface area contributed by atoms with Gasteiger partial charge in [-0.15, -0.1) is 0 Å². The van der Waals surface area contributed by atoms with Gasteiger partial charge in [0.05, 0.1) is 0 Å². The van der Waals surface area contributed by atoms with E-state index >= 15 is 0 Å². The quantitative estimate of drug-likeness (QED) is 0.894. The molecule has 112 valence electrons. The Kier molecular flexibility index (Phi) is 3.35. The zero-order chi connectivity index (χ0) is 15.0. The van der Waals surface area contributed by atoms with E-state index in [4.69, 9.17) is 0 Å². The van der Waals surface area contributed by atoms with Gasteiger partial charge in [0.2, 0.25) is 0 Å². The number of fused-ring (bicyclic) bond motifs is 1. The number of amides is 2. The van der Waals surface area contributed by atoms with E-state index < -0.39 is 12.0 Å². The zero-order valence-electron chi connectivity index (χ0n) is 12.1. The van der Waals surface area contributed by atoms with Gasteiger partial charge in [0.25, 0.3) is 0 Å². The Morgan fingerprint density at radius 2 is 2.10 bits per heavy atom. The van der Waals surface area contributed by atoms with Gasteiger partial charge in [0.15, 0.2) is 0 Å². The van der Waals surface area contributed by atoms with E-state index in [9.17, 15) is 14.7 Å². The highest BCUT2D eigenvalue weighted by Gasteiger charge is 2.43. The van der Waals surface area contributed by atoms with E-state index in [0.717, 1.165) is 24.8 Å². The van der Waals surface area contributed by atoms with Crippen LogP contribution < -0.4 is 10.2 Å². The Labute approximate surface area is 123 Å². The van der Waals surface area contributed by atoms with Gasteiger partial charge < -0.3 is 10.4 Å². The summed E-state index contributed by atoms with van der Waals surface area (Å²) in [5, 5.41) is 12.3. The van der Waals surface area contributed by atoms with Gasteiger partial charge in [-0.1, -0.05) is 25.1 Å². The molecule has 1 fully saturated rings. The maximum atomic E-state index is 12.5. The fourth-order valence-corrected chi connectivity index (χ4v) is 3.02. The van der Waals surface area contributed by atoms with E-state index in [2.05, 4.69) is 12.2 Å². The van der Waals surface area contributed by atoms with Gasteiger partial charge in [-0.2, -0.15) is 0 Å². The standard InChI is InChI=1S/C16H20N2O3/c1-2-16(7-8-16)10-17-15(21)18-12-6-4-3-5-11(12)9-13(18)14(19)20/h3-6,13H,2,7-10H2,1H3,(H,17,21)(H,19,20). The van der Waals surface area contributed by atoms with Crippen molar-refractivity contribution < 1.29 is 14.7 Å². The summed E-state index contributed by atoms with van der Waals surface area (Å²) in [5.41, 5.74) is 1.87. The molecule has 0 aromatic heterocycles. The van der Waals surface area contributed by atoms with Crippen molar-refractivity contribution in [2.24, 2.45) is 5.41 Å². The minimum absolute atomic E-state index is 0.244.